The van der Waals surface area contributed by atoms with Gasteiger partial charge >= 0.3 is 0 Å². The van der Waals surface area contributed by atoms with E-state index in [4.69, 9.17) is 5.73 Å². The smallest absolute Gasteiger partial charge is 0.261 e. The van der Waals surface area contributed by atoms with E-state index in [0.717, 1.165) is 12.1 Å². The molecule has 0 unspecified atom stereocenters. The molecule has 0 saturated heterocycles. The fourth-order valence-electron chi connectivity index (χ4n) is 1.43. The largest absolute Gasteiger partial charge is 0.399 e. The summed E-state index contributed by atoms with van der Waals surface area (Å²) in [6.45, 7) is 0. The fraction of sp³-hybridized carbons (Fsp3) is 0. The molecule has 0 heterocycles. The van der Waals surface area contributed by atoms with Crippen LogP contribution in [-0.4, -0.2) is 8.42 Å². The molecule has 0 bridgehead atoms. The lowest BCUT2D eigenvalue weighted by Gasteiger charge is -2.09. The van der Waals surface area contributed by atoms with Gasteiger partial charge < -0.3 is 5.73 Å². The van der Waals surface area contributed by atoms with Crippen LogP contribution in [0.15, 0.2) is 47.4 Å². The summed E-state index contributed by atoms with van der Waals surface area (Å²) in [6.07, 6.45) is 0. The zero-order chi connectivity index (χ0) is 14.0. The Hall–Kier alpha value is -2.15. The van der Waals surface area contributed by atoms with Gasteiger partial charge in [-0.05, 0) is 36.4 Å². The van der Waals surface area contributed by atoms with Crippen molar-refractivity contribution in [3.05, 3.63) is 54.1 Å². The van der Waals surface area contributed by atoms with Gasteiger partial charge in [-0.2, -0.15) is 0 Å². The Bertz CT molecular complexity index is 700. The summed E-state index contributed by atoms with van der Waals surface area (Å²) in [6, 6.07) is 8.58. The quantitative estimate of drug-likeness (QED) is 0.850. The van der Waals surface area contributed by atoms with Gasteiger partial charge in [0.15, 0.2) is 11.6 Å². The molecule has 100 valence electrons. The Morgan fingerprint density at radius 1 is 1.00 bits per heavy atom. The van der Waals surface area contributed by atoms with Crippen LogP contribution in [0.1, 0.15) is 0 Å². The van der Waals surface area contributed by atoms with Crippen molar-refractivity contribution in [1.82, 2.24) is 0 Å². The number of hydrogen-bond acceptors (Lipinski definition) is 3. The maximum Gasteiger partial charge on any atom is 0.261 e. The van der Waals surface area contributed by atoms with Crippen LogP contribution in [-0.2, 0) is 10.0 Å². The van der Waals surface area contributed by atoms with Crippen molar-refractivity contribution in [3.63, 3.8) is 0 Å². The first-order valence-corrected chi connectivity index (χ1v) is 6.71. The Morgan fingerprint density at radius 2 is 1.63 bits per heavy atom. The molecule has 4 nitrogen and oxygen atoms in total. The average Bonchev–Trinajstić information content (AvgIpc) is 2.35. The minimum Gasteiger partial charge on any atom is -0.399 e. The maximum absolute atomic E-state index is 13.4. The second kappa shape index (κ2) is 4.85. The van der Waals surface area contributed by atoms with E-state index in [1.807, 2.05) is 4.72 Å². The number of nitrogens with two attached hydrogens (primary N) is 1. The highest BCUT2D eigenvalue weighted by Gasteiger charge is 2.17. The van der Waals surface area contributed by atoms with Crippen molar-refractivity contribution in [2.75, 3.05) is 10.5 Å². The van der Waals surface area contributed by atoms with Gasteiger partial charge in [-0.15, -0.1) is 0 Å². The van der Waals surface area contributed by atoms with Gasteiger partial charge in [0, 0.05) is 5.69 Å². The van der Waals surface area contributed by atoms with Crippen molar-refractivity contribution in [2.24, 2.45) is 0 Å². The molecule has 3 N–H and O–H groups in total. The van der Waals surface area contributed by atoms with Crippen molar-refractivity contribution in [1.29, 1.82) is 0 Å². The maximum atomic E-state index is 13.4. The molecule has 0 aliphatic rings. The zero-order valence-electron chi connectivity index (χ0n) is 9.60. The molecule has 0 atom stereocenters. The van der Waals surface area contributed by atoms with Crippen LogP contribution in [0.3, 0.4) is 0 Å². The van der Waals surface area contributed by atoms with Crippen LogP contribution in [0.4, 0.5) is 20.2 Å². The Balaban J connectivity index is 2.36. The van der Waals surface area contributed by atoms with E-state index >= 15 is 0 Å². The predicted molar refractivity (Wildman–Crippen MR) is 68.0 cm³/mol. The van der Waals surface area contributed by atoms with E-state index in [9.17, 15) is 17.2 Å². The number of anilines is 2. The van der Waals surface area contributed by atoms with Gasteiger partial charge in [0.25, 0.3) is 10.0 Å². The number of nitrogen functional groups attached to an aromatic ring is 1. The lowest BCUT2D eigenvalue weighted by molar-refractivity contribution is 0.511. The van der Waals surface area contributed by atoms with Gasteiger partial charge in [-0.3, -0.25) is 4.72 Å². The second-order valence-corrected chi connectivity index (χ2v) is 5.46. The Kier molecular flexibility index (Phi) is 3.39. The molecule has 0 spiro atoms. The van der Waals surface area contributed by atoms with Crippen LogP contribution in [0.5, 0.6) is 0 Å². The molecular weight excluding hydrogens is 274 g/mol. The molecule has 0 aliphatic carbocycles. The first kappa shape index (κ1) is 13.3. The summed E-state index contributed by atoms with van der Waals surface area (Å²) in [5.74, 6) is -2.38. The average molecular weight is 284 g/mol. The highest BCUT2D eigenvalue weighted by atomic mass is 32.2. The minimum atomic E-state index is -3.98. The van der Waals surface area contributed by atoms with Gasteiger partial charge in [0.05, 0.1) is 10.6 Å². The van der Waals surface area contributed by atoms with Gasteiger partial charge in [0.2, 0.25) is 0 Å². The summed E-state index contributed by atoms with van der Waals surface area (Å²) in [4.78, 5) is -0.0923. The van der Waals surface area contributed by atoms with E-state index in [0.29, 0.717) is 5.69 Å². The van der Waals surface area contributed by atoms with E-state index in [-0.39, 0.29) is 4.90 Å². The topological polar surface area (TPSA) is 72.2 Å². The molecule has 2 aromatic carbocycles. The third-order valence-electron chi connectivity index (χ3n) is 2.39. The highest BCUT2D eigenvalue weighted by molar-refractivity contribution is 7.92. The molecule has 0 fully saturated rings. The van der Waals surface area contributed by atoms with Gasteiger partial charge in [0.1, 0.15) is 0 Å². The normalized spacial score (nSPS) is 11.3. The van der Waals surface area contributed by atoms with Crippen molar-refractivity contribution >= 4 is 21.4 Å². The number of hydrogen-bond donors (Lipinski definition) is 2. The fourth-order valence-corrected chi connectivity index (χ4v) is 2.49. The lowest BCUT2D eigenvalue weighted by atomic mass is 10.3. The SMILES string of the molecule is Nc1ccc(S(=O)(=O)Nc2cccc(F)c2F)cc1. The van der Waals surface area contributed by atoms with E-state index in [1.54, 1.807) is 0 Å². The molecule has 0 amide bonds. The first-order chi connectivity index (χ1) is 8.90. The summed E-state index contributed by atoms with van der Waals surface area (Å²) >= 11 is 0. The second-order valence-electron chi connectivity index (χ2n) is 3.78. The summed E-state index contributed by atoms with van der Waals surface area (Å²) in [5, 5.41) is 0. The van der Waals surface area contributed by atoms with Crippen LogP contribution in [0.2, 0.25) is 0 Å². The molecule has 2 rings (SSSR count). The highest BCUT2D eigenvalue weighted by Crippen LogP contribution is 2.21. The lowest BCUT2D eigenvalue weighted by Crippen LogP contribution is -2.14. The third-order valence-corrected chi connectivity index (χ3v) is 3.77. The van der Waals surface area contributed by atoms with Crippen LogP contribution < -0.4 is 10.5 Å². The number of benzene rings is 2. The van der Waals surface area contributed by atoms with Crippen molar-refractivity contribution in [2.45, 2.75) is 4.90 Å². The molecular formula is C12H10F2N2O2S. The van der Waals surface area contributed by atoms with Crippen LogP contribution in [0.25, 0.3) is 0 Å². The molecule has 2 aromatic rings. The minimum absolute atomic E-state index is 0.0923. The predicted octanol–water partition coefficient (Wildman–Crippen LogP) is 2.35. The molecule has 19 heavy (non-hydrogen) atoms. The third kappa shape index (κ3) is 2.82. The monoisotopic (exact) mass is 284 g/mol. The number of halogens is 2. The summed E-state index contributed by atoms with van der Waals surface area (Å²) in [5.41, 5.74) is 5.39. The molecule has 0 saturated carbocycles. The van der Waals surface area contributed by atoms with E-state index in [1.165, 1.54) is 30.3 Å². The van der Waals surface area contributed by atoms with E-state index in [2.05, 4.69) is 0 Å². The van der Waals surface area contributed by atoms with Gasteiger partial charge in [-0.1, -0.05) is 6.07 Å². The summed E-state index contributed by atoms with van der Waals surface area (Å²) in [7, 11) is -3.98. The van der Waals surface area contributed by atoms with Crippen LogP contribution in [0, 0.1) is 11.6 Å². The molecule has 0 aromatic heterocycles. The molecule has 0 radical (unpaired) electrons. The van der Waals surface area contributed by atoms with E-state index < -0.39 is 27.3 Å². The standard InChI is InChI=1S/C12H10F2N2O2S/c13-10-2-1-3-11(12(10)14)16-19(17,18)9-6-4-8(15)5-7-9/h1-7,16H,15H2. The first-order valence-electron chi connectivity index (χ1n) is 5.22. The molecule has 0 aliphatic heterocycles. The van der Waals surface area contributed by atoms with Gasteiger partial charge in [-0.25, -0.2) is 17.2 Å². The Labute approximate surface area is 108 Å². The zero-order valence-corrected chi connectivity index (χ0v) is 10.4. The molecule has 7 heteroatoms. The van der Waals surface area contributed by atoms with Crippen LogP contribution >= 0.6 is 0 Å². The number of rotatable bonds is 3. The number of sulfonamides is 1. The van der Waals surface area contributed by atoms with Crippen molar-refractivity contribution in [3.8, 4) is 0 Å². The number of nitrogens with one attached hydrogen (secondary N) is 1. The summed E-state index contributed by atoms with van der Waals surface area (Å²) < 4.78 is 52.2. The van der Waals surface area contributed by atoms with Crippen molar-refractivity contribution < 1.29 is 17.2 Å². The Morgan fingerprint density at radius 3 is 2.26 bits per heavy atom.